The number of hydrogen-bond donors (Lipinski definition) is 2. The number of ether oxygens (including phenoxy) is 1. The fourth-order valence-corrected chi connectivity index (χ4v) is 1.53. The summed E-state index contributed by atoms with van der Waals surface area (Å²) in [6.07, 6.45) is 1.45. The van der Waals surface area contributed by atoms with Gasteiger partial charge < -0.3 is 15.7 Å². The van der Waals surface area contributed by atoms with Gasteiger partial charge in [0, 0.05) is 11.2 Å². The molecule has 0 spiro atoms. The third kappa shape index (κ3) is 3.11. The van der Waals surface area contributed by atoms with Gasteiger partial charge in [-0.1, -0.05) is 22.8 Å². The fourth-order valence-electron chi connectivity index (χ4n) is 1.37. The molecule has 0 aliphatic heterocycles. The minimum absolute atomic E-state index is 0.0921. The summed E-state index contributed by atoms with van der Waals surface area (Å²) in [5, 5.41) is 12.0. The highest BCUT2D eigenvalue weighted by molar-refractivity contribution is 6.30. The Balaban J connectivity index is 2.31. The van der Waals surface area contributed by atoms with Crippen LogP contribution in [0, 0.1) is 6.92 Å². The van der Waals surface area contributed by atoms with E-state index in [2.05, 4.69) is 15.1 Å². The van der Waals surface area contributed by atoms with E-state index < -0.39 is 0 Å². The highest BCUT2D eigenvalue weighted by Gasteiger charge is 2.07. The molecule has 0 saturated heterocycles. The molecule has 0 aliphatic carbocycles. The van der Waals surface area contributed by atoms with Crippen LogP contribution in [0.3, 0.4) is 0 Å². The number of aromatic nitrogens is 2. The first-order valence-corrected chi connectivity index (χ1v) is 5.73. The Hall–Kier alpha value is -2.34. The van der Waals surface area contributed by atoms with E-state index >= 15 is 0 Å². The molecule has 98 valence electrons. The molecule has 1 heterocycles. The number of aryl methyl sites for hydroxylation is 1. The van der Waals surface area contributed by atoms with Crippen LogP contribution in [0.5, 0.6) is 11.8 Å². The van der Waals surface area contributed by atoms with Gasteiger partial charge in [-0.3, -0.25) is 0 Å². The van der Waals surface area contributed by atoms with Crippen LogP contribution in [0.15, 0.2) is 35.6 Å². The zero-order valence-electron chi connectivity index (χ0n) is 10.0. The van der Waals surface area contributed by atoms with Crippen molar-refractivity contribution in [3.63, 3.8) is 0 Å². The van der Waals surface area contributed by atoms with Crippen molar-refractivity contribution in [2.45, 2.75) is 6.92 Å². The molecular formula is C12H11ClN4O2. The van der Waals surface area contributed by atoms with Crippen molar-refractivity contribution in [1.82, 2.24) is 9.97 Å². The van der Waals surface area contributed by atoms with Gasteiger partial charge >= 0.3 is 6.01 Å². The Bertz CT molecular complexity index is 631. The first kappa shape index (κ1) is 13.1. The number of nitrogens with two attached hydrogens (primary N) is 1. The SMILES string of the molecule is Cc1ccc(Cl)cc1Oc1nccc(/C(N)=N/O)n1. The van der Waals surface area contributed by atoms with Gasteiger partial charge in [0.25, 0.3) is 0 Å². The highest BCUT2D eigenvalue weighted by atomic mass is 35.5. The van der Waals surface area contributed by atoms with Crippen LogP contribution in [0.2, 0.25) is 5.02 Å². The maximum absolute atomic E-state index is 8.59. The fraction of sp³-hybridized carbons (Fsp3) is 0.0833. The lowest BCUT2D eigenvalue weighted by Gasteiger charge is -2.07. The molecule has 1 aromatic carbocycles. The number of rotatable bonds is 3. The predicted molar refractivity (Wildman–Crippen MR) is 70.8 cm³/mol. The van der Waals surface area contributed by atoms with Gasteiger partial charge in [0.05, 0.1) is 0 Å². The maximum atomic E-state index is 8.59. The molecule has 1 aromatic heterocycles. The smallest absolute Gasteiger partial charge is 0.322 e. The van der Waals surface area contributed by atoms with Crippen LogP contribution in [-0.4, -0.2) is 21.0 Å². The van der Waals surface area contributed by atoms with Gasteiger partial charge in [0.1, 0.15) is 11.4 Å². The summed E-state index contributed by atoms with van der Waals surface area (Å²) in [6, 6.07) is 6.85. The van der Waals surface area contributed by atoms with E-state index in [9.17, 15) is 0 Å². The molecule has 2 rings (SSSR count). The Morgan fingerprint density at radius 2 is 2.21 bits per heavy atom. The predicted octanol–water partition coefficient (Wildman–Crippen LogP) is 2.33. The lowest BCUT2D eigenvalue weighted by molar-refractivity contribution is 0.318. The number of amidine groups is 1. The third-order valence-corrected chi connectivity index (χ3v) is 2.59. The lowest BCUT2D eigenvalue weighted by Crippen LogP contribution is -2.15. The molecule has 0 fully saturated rings. The Morgan fingerprint density at radius 1 is 1.42 bits per heavy atom. The first-order chi connectivity index (χ1) is 9.10. The van der Waals surface area contributed by atoms with Crippen LogP contribution >= 0.6 is 11.6 Å². The summed E-state index contributed by atoms with van der Waals surface area (Å²) in [5.41, 5.74) is 6.61. The molecule has 0 radical (unpaired) electrons. The molecular weight excluding hydrogens is 268 g/mol. The monoisotopic (exact) mass is 278 g/mol. The normalized spacial score (nSPS) is 11.4. The largest absolute Gasteiger partial charge is 0.424 e. The molecule has 0 aliphatic rings. The van der Waals surface area contributed by atoms with Crippen LogP contribution in [0.1, 0.15) is 11.3 Å². The number of benzene rings is 1. The third-order valence-electron chi connectivity index (χ3n) is 2.36. The van der Waals surface area contributed by atoms with Crippen molar-refractivity contribution in [2.24, 2.45) is 10.9 Å². The summed E-state index contributed by atoms with van der Waals surface area (Å²) in [4.78, 5) is 7.97. The Morgan fingerprint density at radius 3 is 2.95 bits per heavy atom. The zero-order chi connectivity index (χ0) is 13.8. The zero-order valence-corrected chi connectivity index (χ0v) is 10.8. The van der Waals surface area contributed by atoms with E-state index in [1.54, 1.807) is 12.1 Å². The molecule has 0 amide bonds. The van der Waals surface area contributed by atoms with Crippen LogP contribution in [-0.2, 0) is 0 Å². The summed E-state index contributed by atoms with van der Waals surface area (Å²) >= 11 is 5.89. The van der Waals surface area contributed by atoms with Crippen LogP contribution in [0.25, 0.3) is 0 Å². The molecule has 0 atom stereocenters. The summed E-state index contributed by atoms with van der Waals surface area (Å²) in [6.45, 7) is 1.87. The minimum Gasteiger partial charge on any atom is -0.424 e. The summed E-state index contributed by atoms with van der Waals surface area (Å²) < 4.78 is 5.53. The molecule has 0 bridgehead atoms. The second-order valence-electron chi connectivity index (χ2n) is 3.72. The van der Waals surface area contributed by atoms with E-state index in [-0.39, 0.29) is 17.5 Å². The first-order valence-electron chi connectivity index (χ1n) is 5.35. The second kappa shape index (κ2) is 5.53. The van der Waals surface area contributed by atoms with Gasteiger partial charge in [0.15, 0.2) is 5.84 Å². The maximum Gasteiger partial charge on any atom is 0.322 e. The summed E-state index contributed by atoms with van der Waals surface area (Å²) in [5.74, 6) is 0.430. The molecule has 19 heavy (non-hydrogen) atoms. The minimum atomic E-state index is -0.116. The van der Waals surface area contributed by atoms with Crippen LogP contribution in [0.4, 0.5) is 0 Å². The van der Waals surface area contributed by atoms with E-state index in [0.717, 1.165) is 5.56 Å². The molecule has 2 aromatic rings. The number of halogens is 1. The van der Waals surface area contributed by atoms with E-state index in [0.29, 0.717) is 10.8 Å². The molecule has 0 unspecified atom stereocenters. The van der Waals surface area contributed by atoms with Gasteiger partial charge in [-0.05, 0) is 30.7 Å². The number of nitrogens with zero attached hydrogens (tertiary/aromatic N) is 3. The van der Waals surface area contributed by atoms with Crippen molar-refractivity contribution in [2.75, 3.05) is 0 Å². The van der Waals surface area contributed by atoms with Gasteiger partial charge in [-0.25, -0.2) is 4.98 Å². The molecule has 6 nitrogen and oxygen atoms in total. The number of hydrogen-bond acceptors (Lipinski definition) is 5. The van der Waals surface area contributed by atoms with Crippen molar-refractivity contribution in [3.05, 3.63) is 46.7 Å². The van der Waals surface area contributed by atoms with Crippen molar-refractivity contribution in [3.8, 4) is 11.8 Å². The van der Waals surface area contributed by atoms with Gasteiger partial charge in [-0.2, -0.15) is 4.98 Å². The van der Waals surface area contributed by atoms with E-state index in [1.165, 1.54) is 12.3 Å². The van der Waals surface area contributed by atoms with Crippen LogP contribution < -0.4 is 10.5 Å². The molecule has 3 N–H and O–H groups in total. The van der Waals surface area contributed by atoms with Crippen molar-refractivity contribution in [1.29, 1.82) is 0 Å². The highest BCUT2D eigenvalue weighted by Crippen LogP contribution is 2.25. The van der Waals surface area contributed by atoms with Gasteiger partial charge in [-0.15, -0.1) is 0 Å². The average Bonchev–Trinajstić information content (AvgIpc) is 2.42. The van der Waals surface area contributed by atoms with Crippen molar-refractivity contribution >= 4 is 17.4 Å². The Labute approximate surface area is 114 Å². The molecule has 0 saturated carbocycles. The standard InChI is InChI=1S/C12H11ClN4O2/c1-7-2-3-8(13)6-10(7)19-12-15-5-4-9(16-12)11(14)17-18/h2-6,18H,1H3,(H2,14,17). The molecule has 7 heteroatoms. The number of oxime groups is 1. The average molecular weight is 279 g/mol. The summed E-state index contributed by atoms with van der Waals surface area (Å²) in [7, 11) is 0. The topological polar surface area (TPSA) is 93.6 Å². The second-order valence-corrected chi connectivity index (χ2v) is 4.16. The quantitative estimate of drug-likeness (QED) is 0.389. The van der Waals surface area contributed by atoms with E-state index in [1.807, 2.05) is 13.0 Å². The Kier molecular flexibility index (Phi) is 3.82. The van der Waals surface area contributed by atoms with Crippen molar-refractivity contribution < 1.29 is 9.94 Å². The lowest BCUT2D eigenvalue weighted by atomic mass is 10.2. The van der Waals surface area contributed by atoms with E-state index in [4.69, 9.17) is 27.3 Å². The van der Waals surface area contributed by atoms with Gasteiger partial charge in [0.2, 0.25) is 0 Å².